The Bertz CT molecular complexity index is 2740. The molecule has 1 aliphatic rings. The zero-order valence-corrected chi connectivity index (χ0v) is 29.0. The summed E-state index contributed by atoms with van der Waals surface area (Å²) >= 11 is 0. The second kappa shape index (κ2) is 11.7. The fourth-order valence-electron chi connectivity index (χ4n) is 8.12. The molecule has 0 spiro atoms. The van der Waals surface area contributed by atoms with Gasteiger partial charge in [-0.15, -0.1) is 0 Å². The number of aromatic nitrogens is 4. The predicted octanol–water partition coefficient (Wildman–Crippen LogP) is 11.9. The molecule has 0 radical (unpaired) electrons. The molecule has 4 heteroatoms. The van der Waals surface area contributed by atoms with Gasteiger partial charge in [-0.1, -0.05) is 141 Å². The molecule has 7 aromatic carbocycles. The van der Waals surface area contributed by atoms with Crippen molar-refractivity contribution in [2.45, 2.75) is 19.3 Å². The van der Waals surface area contributed by atoms with Crippen molar-refractivity contribution in [1.29, 1.82) is 0 Å². The van der Waals surface area contributed by atoms with Crippen molar-refractivity contribution in [2.24, 2.45) is 0 Å². The van der Waals surface area contributed by atoms with Crippen LogP contribution in [-0.4, -0.2) is 19.5 Å². The van der Waals surface area contributed by atoms with Crippen molar-refractivity contribution in [2.75, 3.05) is 0 Å². The molecule has 0 aliphatic heterocycles. The van der Waals surface area contributed by atoms with Gasteiger partial charge in [-0.2, -0.15) is 0 Å². The van der Waals surface area contributed by atoms with E-state index in [0.29, 0.717) is 17.5 Å². The first-order valence-electron chi connectivity index (χ1n) is 17.8. The zero-order chi connectivity index (χ0) is 34.8. The minimum absolute atomic E-state index is 0.0635. The van der Waals surface area contributed by atoms with E-state index in [9.17, 15) is 0 Å². The fourth-order valence-corrected chi connectivity index (χ4v) is 8.12. The van der Waals surface area contributed by atoms with Gasteiger partial charge in [-0.25, -0.2) is 15.0 Å². The van der Waals surface area contributed by atoms with Gasteiger partial charge in [0.25, 0.3) is 0 Å². The number of nitrogens with zero attached hydrogens (tertiary/aromatic N) is 4. The van der Waals surface area contributed by atoms with Crippen LogP contribution in [0.5, 0.6) is 0 Å². The van der Waals surface area contributed by atoms with E-state index in [1.54, 1.807) is 0 Å². The second-order valence-corrected chi connectivity index (χ2v) is 14.1. The average Bonchev–Trinajstić information content (AvgIpc) is 3.66. The minimum atomic E-state index is -0.0635. The first-order valence-corrected chi connectivity index (χ1v) is 17.8. The lowest BCUT2D eigenvalue weighted by molar-refractivity contribution is 0.660. The third-order valence-corrected chi connectivity index (χ3v) is 10.7. The molecule has 1 aliphatic carbocycles. The van der Waals surface area contributed by atoms with Crippen LogP contribution in [0.4, 0.5) is 0 Å². The molecule has 0 N–H and O–H groups in total. The number of hydrogen-bond acceptors (Lipinski definition) is 3. The molecule has 2 aromatic heterocycles. The van der Waals surface area contributed by atoms with Crippen molar-refractivity contribution < 1.29 is 0 Å². The third kappa shape index (κ3) is 4.72. The number of benzene rings is 7. The molecular weight excluding hydrogens is 633 g/mol. The van der Waals surface area contributed by atoms with Crippen LogP contribution >= 0.6 is 0 Å². The zero-order valence-electron chi connectivity index (χ0n) is 29.0. The fraction of sp³-hybridized carbons (Fsp3) is 0.0625. The minimum Gasteiger partial charge on any atom is -0.309 e. The molecule has 10 rings (SSSR count). The SMILES string of the molecule is CC1(C)c2ccccc2-c2c(-c3ccc4c(c3)c3cc(-c5nc(-c6ccccc6)nc(-c6ccccc6)n5)ccc3n4-c3ccccc3)cccc21. The molecule has 0 atom stereocenters. The van der Waals surface area contributed by atoms with E-state index >= 15 is 0 Å². The van der Waals surface area contributed by atoms with E-state index in [4.69, 9.17) is 15.0 Å². The molecule has 2 heterocycles. The Morgan fingerprint density at radius 1 is 0.404 bits per heavy atom. The summed E-state index contributed by atoms with van der Waals surface area (Å²) in [7, 11) is 0. The van der Waals surface area contributed by atoms with Gasteiger partial charge in [-0.3, -0.25) is 0 Å². The average molecular weight is 667 g/mol. The number of fused-ring (bicyclic) bond motifs is 6. The predicted molar refractivity (Wildman–Crippen MR) is 213 cm³/mol. The van der Waals surface area contributed by atoms with Crippen LogP contribution in [0.15, 0.2) is 170 Å². The molecule has 0 bridgehead atoms. The molecule has 0 amide bonds. The van der Waals surface area contributed by atoms with Gasteiger partial charge in [-0.05, 0) is 75.8 Å². The van der Waals surface area contributed by atoms with Crippen molar-refractivity contribution in [1.82, 2.24) is 19.5 Å². The van der Waals surface area contributed by atoms with Crippen LogP contribution in [0.25, 0.3) is 83.9 Å². The van der Waals surface area contributed by atoms with Crippen molar-refractivity contribution in [3.8, 4) is 62.1 Å². The molecule has 0 saturated heterocycles. The lowest BCUT2D eigenvalue weighted by atomic mass is 9.82. The molecule has 246 valence electrons. The highest BCUT2D eigenvalue weighted by atomic mass is 15.0. The summed E-state index contributed by atoms with van der Waals surface area (Å²) in [6.45, 7) is 4.68. The van der Waals surface area contributed by atoms with Crippen LogP contribution in [0.3, 0.4) is 0 Å². The number of para-hydroxylation sites is 1. The highest BCUT2D eigenvalue weighted by Gasteiger charge is 2.36. The summed E-state index contributed by atoms with van der Waals surface area (Å²) < 4.78 is 2.37. The Kier molecular flexibility index (Phi) is 6.80. The normalized spacial score (nSPS) is 13.0. The van der Waals surface area contributed by atoms with E-state index in [1.807, 2.05) is 60.7 Å². The van der Waals surface area contributed by atoms with Crippen molar-refractivity contribution >= 4 is 21.8 Å². The molecule has 0 fully saturated rings. The van der Waals surface area contributed by atoms with E-state index in [-0.39, 0.29) is 5.41 Å². The smallest absolute Gasteiger partial charge is 0.164 e. The first-order chi connectivity index (χ1) is 25.5. The molecule has 52 heavy (non-hydrogen) atoms. The Morgan fingerprint density at radius 2 is 0.885 bits per heavy atom. The van der Waals surface area contributed by atoms with E-state index < -0.39 is 0 Å². The Labute approximate surface area is 302 Å². The molecule has 9 aromatic rings. The lowest BCUT2D eigenvalue weighted by Gasteiger charge is -2.21. The summed E-state index contributed by atoms with van der Waals surface area (Å²) in [5, 5.41) is 2.33. The first kappa shape index (κ1) is 30.2. The Balaban J connectivity index is 1.21. The van der Waals surface area contributed by atoms with Crippen LogP contribution in [0.2, 0.25) is 0 Å². The van der Waals surface area contributed by atoms with Gasteiger partial charge in [0.05, 0.1) is 11.0 Å². The summed E-state index contributed by atoms with van der Waals surface area (Å²) in [6, 6.07) is 60.1. The monoisotopic (exact) mass is 666 g/mol. The van der Waals surface area contributed by atoms with Crippen LogP contribution in [0.1, 0.15) is 25.0 Å². The maximum Gasteiger partial charge on any atom is 0.164 e. The number of rotatable bonds is 5. The molecule has 0 saturated carbocycles. The Morgan fingerprint density at radius 3 is 1.52 bits per heavy atom. The number of hydrogen-bond donors (Lipinski definition) is 0. The summed E-state index contributed by atoms with van der Waals surface area (Å²) in [4.78, 5) is 15.1. The Hall–Kier alpha value is -6.65. The van der Waals surface area contributed by atoms with Gasteiger partial charge < -0.3 is 4.57 Å². The van der Waals surface area contributed by atoms with Gasteiger partial charge in [0.2, 0.25) is 0 Å². The van der Waals surface area contributed by atoms with Crippen molar-refractivity contribution in [3.63, 3.8) is 0 Å². The second-order valence-electron chi connectivity index (χ2n) is 14.1. The van der Waals surface area contributed by atoms with Crippen LogP contribution in [-0.2, 0) is 5.41 Å². The molecular formula is C48H34N4. The standard InChI is InChI=1S/C48H34N4/c1-48(2)40-23-13-12-21-37(40)44-36(22-14-24-41(44)48)33-25-27-42-38(29-33)39-30-34(26-28-43(39)52(42)35-19-10-5-11-20-35)47-50-45(31-15-6-3-7-16-31)49-46(51-47)32-17-8-4-9-18-32/h3-30H,1-2H3. The summed E-state index contributed by atoms with van der Waals surface area (Å²) in [5.41, 5.74) is 14.1. The summed E-state index contributed by atoms with van der Waals surface area (Å²) in [5.74, 6) is 1.95. The maximum atomic E-state index is 5.06. The lowest BCUT2D eigenvalue weighted by Crippen LogP contribution is -2.14. The topological polar surface area (TPSA) is 43.6 Å². The third-order valence-electron chi connectivity index (χ3n) is 10.7. The van der Waals surface area contributed by atoms with E-state index in [2.05, 4.69) is 128 Å². The van der Waals surface area contributed by atoms with Crippen LogP contribution in [0, 0.1) is 0 Å². The van der Waals surface area contributed by atoms with E-state index in [0.717, 1.165) is 38.8 Å². The van der Waals surface area contributed by atoms with Gasteiger partial charge in [0.1, 0.15) is 0 Å². The van der Waals surface area contributed by atoms with Gasteiger partial charge in [0.15, 0.2) is 17.5 Å². The van der Waals surface area contributed by atoms with Gasteiger partial charge >= 0.3 is 0 Å². The van der Waals surface area contributed by atoms with Gasteiger partial charge in [0, 0.05) is 38.6 Å². The summed E-state index contributed by atoms with van der Waals surface area (Å²) in [6.07, 6.45) is 0. The highest BCUT2D eigenvalue weighted by molar-refractivity contribution is 6.12. The maximum absolute atomic E-state index is 5.06. The van der Waals surface area contributed by atoms with E-state index in [1.165, 1.54) is 38.8 Å². The highest BCUT2D eigenvalue weighted by Crippen LogP contribution is 2.52. The van der Waals surface area contributed by atoms with Crippen LogP contribution < -0.4 is 0 Å². The van der Waals surface area contributed by atoms with Crippen molar-refractivity contribution in [3.05, 3.63) is 181 Å². The molecule has 0 unspecified atom stereocenters. The largest absolute Gasteiger partial charge is 0.309 e. The molecule has 4 nitrogen and oxygen atoms in total. The quantitative estimate of drug-likeness (QED) is 0.184.